The summed E-state index contributed by atoms with van der Waals surface area (Å²) < 4.78 is 31.8. The van der Waals surface area contributed by atoms with Crippen molar-refractivity contribution in [1.82, 2.24) is 19.4 Å². The van der Waals surface area contributed by atoms with Crippen molar-refractivity contribution in [3.63, 3.8) is 0 Å². The maximum absolute atomic E-state index is 13.2. The largest absolute Gasteiger partial charge is 0.453 e. The van der Waals surface area contributed by atoms with E-state index < -0.39 is 10.0 Å². The summed E-state index contributed by atoms with van der Waals surface area (Å²) >= 11 is 0. The van der Waals surface area contributed by atoms with Gasteiger partial charge in [0.05, 0.1) is 24.5 Å². The second-order valence-electron chi connectivity index (χ2n) is 7.66. The van der Waals surface area contributed by atoms with Gasteiger partial charge in [-0.25, -0.2) is 17.9 Å². The molecule has 9 nitrogen and oxygen atoms in total. The van der Waals surface area contributed by atoms with Crippen molar-refractivity contribution in [3.05, 3.63) is 29.8 Å². The number of piperazine rings is 1. The van der Waals surface area contributed by atoms with E-state index in [4.69, 9.17) is 4.74 Å². The molecule has 2 amide bonds. The van der Waals surface area contributed by atoms with Gasteiger partial charge in [0.15, 0.2) is 0 Å². The molecular formula is C20H31ClN4O5S. The van der Waals surface area contributed by atoms with Gasteiger partial charge in [0.2, 0.25) is 15.9 Å². The molecule has 0 aliphatic carbocycles. The molecular weight excluding hydrogens is 444 g/mol. The summed E-state index contributed by atoms with van der Waals surface area (Å²) in [6, 6.07) is 6.39. The van der Waals surface area contributed by atoms with Crippen LogP contribution in [0.5, 0.6) is 0 Å². The van der Waals surface area contributed by atoms with Gasteiger partial charge in [-0.1, -0.05) is 18.2 Å². The third-order valence-corrected chi connectivity index (χ3v) is 7.29. The zero-order chi connectivity index (χ0) is 21.7. The zero-order valence-electron chi connectivity index (χ0n) is 18.0. The first-order valence-electron chi connectivity index (χ1n) is 10.2. The highest BCUT2D eigenvalue weighted by molar-refractivity contribution is 7.89. The molecule has 174 valence electrons. The molecule has 0 aromatic heterocycles. The van der Waals surface area contributed by atoms with Gasteiger partial charge < -0.3 is 19.4 Å². The number of sulfonamides is 1. The summed E-state index contributed by atoms with van der Waals surface area (Å²) in [5.74, 6) is -0.137. The molecule has 2 fully saturated rings. The monoisotopic (exact) mass is 474 g/mol. The Kier molecular flexibility index (Phi) is 9.11. The first-order valence-corrected chi connectivity index (χ1v) is 11.7. The summed E-state index contributed by atoms with van der Waals surface area (Å²) in [6.07, 6.45) is 1.87. The molecule has 0 spiro atoms. The Morgan fingerprint density at radius 1 is 1.13 bits per heavy atom. The number of benzene rings is 1. The number of carbonyl (C=O) groups is 2. The SMILES string of the molecule is CNS(=O)(=O)c1ccccc1CC(=O)N1CCN(C(=O)OC)CC1CN1CCCC1.Cl. The molecule has 1 aromatic carbocycles. The van der Waals surface area contributed by atoms with E-state index in [9.17, 15) is 18.0 Å². The Balaban J connectivity index is 0.00000341. The van der Waals surface area contributed by atoms with Crippen molar-refractivity contribution in [2.45, 2.75) is 30.2 Å². The molecule has 1 N–H and O–H groups in total. The molecule has 31 heavy (non-hydrogen) atoms. The average Bonchev–Trinajstić information content (AvgIpc) is 3.26. The number of hydrogen-bond donors (Lipinski definition) is 1. The van der Waals surface area contributed by atoms with Crippen LogP contribution in [0.4, 0.5) is 4.79 Å². The molecule has 2 heterocycles. The molecule has 0 radical (unpaired) electrons. The van der Waals surface area contributed by atoms with Gasteiger partial charge in [0, 0.05) is 26.2 Å². The van der Waals surface area contributed by atoms with Crippen LogP contribution in [0.25, 0.3) is 0 Å². The lowest BCUT2D eigenvalue weighted by molar-refractivity contribution is -0.135. The number of carbonyl (C=O) groups excluding carboxylic acids is 2. The fraction of sp³-hybridized carbons (Fsp3) is 0.600. The molecule has 1 unspecified atom stereocenters. The normalized spacial score (nSPS) is 19.7. The van der Waals surface area contributed by atoms with E-state index in [0.29, 0.717) is 31.7 Å². The van der Waals surface area contributed by atoms with Crippen LogP contribution in [0.3, 0.4) is 0 Å². The van der Waals surface area contributed by atoms with Gasteiger partial charge in [-0.3, -0.25) is 4.79 Å². The number of rotatable bonds is 6. The Morgan fingerprint density at radius 2 is 1.81 bits per heavy atom. The lowest BCUT2D eigenvalue weighted by Crippen LogP contribution is -2.59. The molecule has 3 rings (SSSR count). The van der Waals surface area contributed by atoms with E-state index in [2.05, 4.69) is 9.62 Å². The van der Waals surface area contributed by atoms with Gasteiger partial charge >= 0.3 is 6.09 Å². The van der Waals surface area contributed by atoms with E-state index in [0.717, 1.165) is 25.9 Å². The highest BCUT2D eigenvalue weighted by atomic mass is 35.5. The average molecular weight is 475 g/mol. The number of halogens is 1. The van der Waals surface area contributed by atoms with E-state index in [1.807, 2.05) is 0 Å². The summed E-state index contributed by atoms with van der Waals surface area (Å²) in [4.78, 5) is 31.1. The lowest BCUT2D eigenvalue weighted by Gasteiger charge is -2.42. The number of nitrogens with zero attached hydrogens (tertiary/aromatic N) is 3. The summed E-state index contributed by atoms with van der Waals surface area (Å²) in [6.45, 7) is 3.86. The molecule has 0 bridgehead atoms. The van der Waals surface area contributed by atoms with Gasteiger partial charge in [0.1, 0.15) is 0 Å². The van der Waals surface area contributed by atoms with Crippen molar-refractivity contribution >= 4 is 34.4 Å². The van der Waals surface area contributed by atoms with Crippen LogP contribution in [-0.4, -0.2) is 94.6 Å². The van der Waals surface area contributed by atoms with Gasteiger partial charge in [0.25, 0.3) is 0 Å². The third kappa shape index (κ3) is 6.09. The van der Waals surface area contributed by atoms with Crippen molar-refractivity contribution in [3.8, 4) is 0 Å². The van der Waals surface area contributed by atoms with Crippen LogP contribution in [-0.2, 0) is 26.0 Å². The van der Waals surface area contributed by atoms with Crippen LogP contribution < -0.4 is 4.72 Å². The minimum atomic E-state index is -3.66. The molecule has 1 aromatic rings. The maximum atomic E-state index is 13.2. The molecule has 11 heteroatoms. The predicted octanol–water partition coefficient (Wildman–Crippen LogP) is 0.934. The topological polar surface area (TPSA) is 99.3 Å². The molecule has 1 atom stereocenters. The van der Waals surface area contributed by atoms with Gasteiger partial charge in [-0.05, 0) is 44.6 Å². The smallest absolute Gasteiger partial charge is 0.409 e. The van der Waals surface area contributed by atoms with Crippen LogP contribution in [0.1, 0.15) is 18.4 Å². The standard InChI is InChI=1S/C20H30N4O5S.ClH/c1-21-30(27,28)18-8-4-3-7-16(18)13-19(25)24-12-11-23(20(26)29-2)15-17(24)14-22-9-5-6-10-22;/h3-4,7-8,17,21H,5-6,9-15H2,1-2H3;1H. The van der Waals surface area contributed by atoms with Crippen LogP contribution in [0.15, 0.2) is 29.2 Å². The first kappa shape index (κ1) is 25.4. The third-order valence-electron chi connectivity index (χ3n) is 5.78. The number of nitrogens with one attached hydrogen (secondary N) is 1. The Morgan fingerprint density at radius 3 is 2.45 bits per heavy atom. The van der Waals surface area contributed by atoms with Gasteiger partial charge in [-0.15, -0.1) is 12.4 Å². The number of methoxy groups -OCH3 is 1. The summed E-state index contributed by atoms with van der Waals surface area (Å²) in [7, 11) is -0.950. The summed E-state index contributed by atoms with van der Waals surface area (Å²) in [5.41, 5.74) is 0.465. The fourth-order valence-electron chi connectivity index (χ4n) is 4.18. The number of likely N-dealkylation sites (tertiary alicyclic amines) is 1. The minimum Gasteiger partial charge on any atom is -0.453 e. The minimum absolute atomic E-state index is 0. The molecule has 0 saturated carbocycles. The van der Waals surface area contributed by atoms with Crippen molar-refractivity contribution in [1.29, 1.82) is 0 Å². The number of hydrogen-bond acceptors (Lipinski definition) is 6. The first-order chi connectivity index (χ1) is 14.4. The Labute approximate surface area is 190 Å². The second-order valence-corrected chi connectivity index (χ2v) is 9.51. The molecule has 2 saturated heterocycles. The van der Waals surface area contributed by atoms with Crippen LogP contribution >= 0.6 is 12.4 Å². The lowest BCUT2D eigenvalue weighted by atomic mass is 10.1. The quantitative estimate of drug-likeness (QED) is 0.658. The molecule has 2 aliphatic heterocycles. The van der Waals surface area contributed by atoms with Gasteiger partial charge in [-0.2, -0.15) is 0 Å². The summed E-state index contributed by atoms with van der Waals surface area (Å²) in [5, 5.41) is 0. The van der Waals surface area contributed by atoms with Crippen molar-refractivity contribution < 1.29 is 22.7 Å². The zero-order valence-corrected chi connectivity index (χ0v) is 19.6. The highest BCUT2D eigenvalue weighted by Crippen LogP contribution is 2.20. The second kappa shape index (κ2) is 11.1. The Bertz CT molecular complexity index is 876. The Hall–Kier alpha value is -1.88. The van der Waals surface area contributed by atoms with E-state index >= 15 is 0 Å². The van der Waals surface area contributed by atoms with E-state index in [-0.39, 0.29) is 41.8 Å². The van der Waals surface area contributed by atoms with E-state index in [1.54, 1.807) is 28.0 Å². The van der Waals surface area contributed by atoms with Crippen molar-refractivity contribution in [2.24, 2.45) is 0 Å². The van der Waals surface area contributed by atoms with Crippen LogP contribution in [0.2, 0.25) is 0 Å². The van der Waals surface area contributed by atoms with E-state index in [1.165, 1.54) is 20.2 Å². The predicted molar refractivity (Wildman–Crippen MR) is 119 cm³/mol. The van der Waals surface area contributed by atoms with Crippen molar-refractivity contribution in [2.75, 3.05) is 53.4 Å². The fourth-order valence-corrected chi connectivity index (χ4v) is 5.15. The highest BCUT2D eigenvalue weighted by Gasteiger charge is 2.34. The van der Waals surface area contributed by atoms with Crippen LogP contribution in [0, 0.1) is 0 Å². The number of amides is 2. The number of ether oxygens (including phenoxy) is 1. The molecule has 2 aliphatic rings. The maximum Gasteiger partial charge on any atom is 0.409 e.